The highest BCUT2D eigenvalue weighted by Gasteiger charge is 2.41. The topological polar surface area (TPSA) is 85.4 Å². The summed E-state index contributed by atoms with van der Waals surface area (Å²) < 4.78 is 29.6. The van der Waals surface area contributed by atoms with Gasteiger partial charge in [0.1, 0.15) is 4.90 Å². The molecule has 23 heavy (non-hydrogen) atoms. The van der Waals surface area contributed by atoms with Crippen molar-refractivity contribution in [3.8, 4) is 0 Å². The van der Waals surface area contributed by atoms with Gasteiger partial charge in [-0.3, -0.25) is 4.79 Å². The molecule has 1 amide bonds. The van der Waals surface area contributed by atoms with Gasteiger partial charge in [0.15, 0.2) is 0 Å². The number of sulfonamides is 1. The number of para-hydroxylation sites is 1. The number of aromatic nitrogens is 1. The number of nitrogens with zero attached hydrogens (tertiary/aromatic N) is 2. The minimum Gasteiger partial charge on any atom is -0.369 e. The van der Waals surface area contributed by atoms with Crippen LogP contribution < -0.4 is 5.73 Å². The molecule has 1 aromatic carbocycles. The van der Waals surface area contributed by atoms with Crippen molar-refractivity contribution in [3.05, 3.63) is 30.0 Å². The Morgan fingerprint density at radius 3 is 2.52 bits per heavy atom. The molecule has 3 rings (SSSR count). The van der Waals surface area contributed by atoms with Gasteiger partial charge in [-0.05, 0) is 18.9 Å². The van der Waals surface area contributed by atoms with Crippen LogP contribution in [0.3, 0.4) is 0 Å². The van der Waals surface area contributed by atoms with Crippen LogP contribution in [0.4, 0.5) is 0 Å². The Balaban J connectivity index is 2.12. The summed E-state index contributed by atoms with van der Waals surface area (Å²) in [6, 6.07) is 7.44. The van der Waals surface area contributed by atoms with E-state index in [1.165, 1.54) is 4.31 Å². The van der Waals surface area contributed by atoms with Crippen molar-refractivity contribution in [1.82, 2.24) is 8.87 Å². The van der Waals surface area contributed by atoms with Crippen LogP contribution in [0.1, 0.15) is 12.6 Å². The van der Waals surface area contributed by atoms with E-state index < -0.39 is 21.8 Å². The molecule has 1 aliphatic rings. The SMILES string of the molecule is Cc1c(S(=O)(=O)N2C[C@@H](C)[C@H](C(N)=O)C2)c2ccccc2n1C. The average Bonchev–Trinajstić information content (AvgIpc) is 3.00. The highest BCUT2D eigenvalue weighted by molar-refractivity contribution is 7.89. The molecule has 2 aromatic rings. The van der Waals surface area contributed by atoms with Crippen molar-refractivity contribution in [1.29, 1.82) is 0 Å². The number of aryl methyl sites for hydroxylation is 1. The second-order valence-electron chi connectivity index (χ2n) is 6.30. The first-order valence-corrected chi connectivity index (χ1v) is 9.02. The van der Waals surface area contributed by atoms with E-state index in [-0.39, 0.29) is 12.5 Å². The van der Waals surface area contributed by atoms with Gasteiger partial charge < -0.3 is 10.3 Å². The van der Waals surface area contributed by atoms with E-state index in [4.69, 9.17) is 5.73 Å². The standard InChI is InChI=1S/C16H21N3O3S/c1-10-8-19(9-13(10)16(17)20)23(21,22)15-11(2)18(3)14-7-5-4-6-12(14)15/h4-7,10,13H,8-9H2,1-3H3,(H2,17,20)/t10-,13-/m1/s1. The zero-order valence-electron chi connectivity index (χ0n) is 13.5. The fourth-order valence-electron chi connectivity index (χ4n) is 3.43. The van der Waals surface area contributed by atoms with E-state index in [9.17, 15) is 13.2 Å². The average molecular weight is 335 g/mol. The molecule has 0 aliphatic carbocycles. The Morgan fingerprint density at radius 1 is 1.26 bits per heavy atom. The van der Waals surface area contributed by atoms with Gasteiger partial charge in [-0.25, -0.2) is 8.42 Å². The summed E-state index contributed by atoms with van der Waals surface area (Å²) in [7, 11) is -1.81. The largest absolute Gasteiger partial charge is 0.369 e. The Bertz CT molecular complexity index is 885. The van der Waals surface area contributed by atoms with Crippen molar-refractivity contribution in [3.63, 3.8) is 0 Å². The number of hydrogen-bond acceptors (Lipinski definition) is 3. The maximum atomic E-state index is 13.2. The first kappa shape index (κ1) is 16.0. The van der Waals surface area contributed by atoms with Gasteiger partial charge in [-0.1, -0.05) is 25.1 Å². The first-order chi connectivity index (χ1) is 10.7. The number of carbonyl (C=O) groups is 1. The second kappa shape index (κ2) is 5.35. The molecule has 1 aromatic heterocycles. The van der Waals surface area contributed by atoms with E-state index in [1.807, 2.05) is 42.8 Å². The third kappa shape index (κ3) is 2.35. The molecule has 0 bridgehead atoms. The summed E-state index contributed by atoms with van der Waals surface area (Å²) in [5, 5.41) is 0.711. The van der Waals surface area contributed by atoms with Gasteiger partial charge in [0.25, 0.3) is 0 Å². The van der Waals surface area contributed by atoms with Gasteiger partial charge in [0.2, 0.25) is 15.9 Å². The smallest absolute Gasteiger partial charge is 0.245 e. The molecule has 1 fully saturated rings. The number of primary amides is 1. The molecule has 1 aliphatic heterocycles. The summed E-state index contributed by atoms with van der Waals surface area (Å²) >= 11 is 0. The number of fused-ring (bicyclic) bond motifs is 1. The number of carbonyl (C=O) groups excluding carboxylic acids is 1. The molecule has 1 saturated heterocycles. The van der Waals surface area contributed by atoms with E-state index in [0.29, 0.717) is 22.5 Å². The lowest BCUT2D eigenvalue weighted by atomic mass is 9.98. The maximum absolute atomic E-state index is 13.2. The van der Waals surface area contributed by atoms with E-state index >= 15 is 0 Å². The minimum atomic E-state index is -3.67. The van der Waals surface area contributed by atoms with Crippen LogP contribution in [0.5, 0.6) is 0 Å². The second-order valence-corrected chi connectivity index (χ2v) is 8.17. The highest BCUT2D eigenvalue weighted by atomic mass is 32.2. The zero-order chi connectivity index (χ0) is 16.9. The molecule has 0 spiro atoms. The molecule has 0 unspecified atom stereocenters. The number of hydrogen-bond donors (Lipinski definition) is 1. The van der Waals surface area contributed by atoms with Crippen LogP contribution in [-0.4, -0.2) is 36.3 Å². The van der Waals surface area contributed by atoms with Crippen LogP contribution in [0, 0.1) is 18.8 Å². The molecule has 0 radical (unpaired) electrons. The predicted molar refractivity (Wildman–Crippen MR) is 88.3 cm³/mol. The highest BCUT2D eigenvalue weighted by Crippen LogP contribution is 2.34. The molecule has 0 saturated carbocycles. The molecule has 2 N–H and O–H groups in total. The van der Waals surface area contributed by atoms with Gasteiger partial charge in [-0.15, -0.1) is 0 Å². The van der Waals surface area contributed by atoms with Crippen molar-refractivity contribution in [2.45, 2.75) is 18.7 Å². The van der Waals surface area contributed by atoms with Gasteiger partial charge in [0, 0.05) is 36.7 Å². The minimum absolute atomic E-state index is 0.0717. The lowest BCUT2D eigenvalue weighted by molar-refractivity contribution is -0.122. The molecular formula is C16H21N3O3S. The van der Waals surface area contributed by atoms with Crippen molar-refractivity contribution in [2.24, 2.45) is 24.6 Å². The lowest BCUT2D eigenvalue weighted by Crippen LogP contribution is -2.32. The Kier molecular flexibility index (Phi) is 3.72. The normalized spacial score (nSPS) is 22.7. The number of amides is 1. The predicted octanol–water partition coefficient (Wildman–Crippen LogP) is 1.23. The number of nitrogens with two attached hydrogens (primary N) is 1. The first-order valence-electron chi connectivity index (χ1n) is 7.58. The third-order valence-corrected chi connectivity index (χ3v) is 6.89. The summed E-state index contributed by atoms with van der Waals surface area (Å²) in [5.41, 5.74) is 6.97. The quantitative estimate of drug-likeness (QED) is 0.915. The zero-order valence-corrected chi connectivity index (χ0v) is 14.3. The van der Waals surface area contributed by atoms with Crippen LogP contribution in [0.2, 0.25) is 0 Å². The summed E-state index contributed by atoms with van der Waals surface area (Å²) in [4.78, 5) is 11.8. The Hall–Kier alpha value is -1.86. The van der Waals surface area contributed by atoms with E-state index in [0.717, 1.165) is 5.52 Å². The van der Waals surface area contributed by atoms with Crippen LogP contribution in [0.25, 0.3) is 10.9 Å². The third-order valence-electron chi connectivity index (χ3n) is 4.88. The molecule has 2 heterocycles. The number of benzene rings is 1. The molecule has 124 valence electrons. The molecule has 7 heteroatoms. The Labute approximate surface area is 135 Å². The van der Waals surface area contributed by atoms with Gasteiger partial charge in [0.05, 0.1) is 5.92 Å². The number of rotatable bonds is 3. The van der Waals surface area contributed by atoms with Crippen LogP contribution in [0.15, 0.2) is 29.2 Å². The van der Waals surface area contributed by atoms with Crippen molar-refractivity contribution < 1.29 is 13.2 Å². The lowest BCUT2D eigenvalue weighted by Gasteiger charge is -2.16. The van der Waals surface area contributed by atoms with Crippen LogP contribution >= 0.6 is 0 Å². The summed E-state index contributed by atoms with van der Waals surface area (Å²) in [5.74, 6) is -0.942. The summed E-state index contributed by atoms with van der Waals surface area (Å²) in [6.07, 6.45) is 0. The fourth-order valence-corrected chi connectivity index (χ4v) is 5.44. The van der Waals surface area contributed by atoms with Crippen molar-refractivity contribution in [2.75, 3.05) is 13.1 Å². The maximum Gasteiger partial charge on any atom is 0.245 e. The van der Waals surface area contributed by atoms with Gasteiger partial charge >= 0.3 is 0 Å². The molecule has 6 nitrogen and oxygen atoms in total. The van der Waals surface area contributed by atoms with Gasteiger partial charge in [-0.2, -0.15) is 4.31 Å². The van der Waals surface area contributed by atoms with E-state index in [1.54, 1.807) is 6.92 Å². The Morgan fingerprint density at radius 2 is 1.91 bits per heavy atom. The molecule has 2 atom stereocenters. The molecular weight excluding hydrogens is 314 g/mol. The monoisotopic (exact) mass is 335 g/mol. The van der Waals surface area contributed by atoms with Crippen molar-refractivity contribution >= 4 is 26.8 Å². The van der Waals surface area contributed by atoms with Crippen LogP contribution in [-0.2, 0) is 21.9 Å². The summed E-state index contributed by atoms with van der Waals surface area (Å²) in [6.45, 7) is 4.14. The van der Waals surface area contributed by atoms with E-state index in [2.05, 4.69) is 0 Å². The fraction of sp³-hybridized carbons (Fsp3) is 0.438.